The van der Waals surface area contributed by atoms with E-state index < -0.39 is 25.1 Å². The summed E-state index contributed by atoms with van der Waals surface area (Å²) in [5, 5.41) is 0.649. The van der Waals surface area contributed by atoms with Gasteiger partial charge in [0, 0.05) is 16.8 Å². The molecule has 1 aliphatic rings. The molecule has 0 aliphatic carbocycles. The van der Waals surface area contributed by atoms with Gasteiger partial charge < -0.3 is 4.90 Å². The molecule has 1 aliphatic heterocycles. The van der Waals surface area contributed by atoms with Crippen molar-refractivity contribution in [2.24, 2.45) is 0 Å². The maximum Gasteiger partial charge on any atom is 0.295 e. The first-order valence-electron chi connectivity index (χ1n) is 7.03. The van der Waals surface area contributed by atoms with Crippen LogP contribution in [0.15, 0.2) is 39.0 Å². The van der Waals surface area contributed by atoms with E-state index in [1.807, 2.05) is 18.7 Å². The highest BCUT2D eigenvalue weighted by molar-refractivity contribution is 8.00. The summed E-state index contributed by atoms with van der Waals surface area (Å²) in [6.45, 7) is 4.56. The first-order valence-corrected chi connectivity index (χ1v) is 10.8. The van der Waals surface area contributed by atoms with Gasteiger partial charge in [-0.05, 0) is 37.4 Å². The number of thioether (sulfide) groups is 1. The highest BCUT2D eigenvalue weighted by atomic mass is 32.2. The van der Waals surface area contributed by atoms with Gasteiger partial charge in [0.25, 0.3) is 20.2 Å². The van der Waals surface area contributed by atoms with Crippen LogP contribution >= 0.6 is 11.8 Å². The molecule has 0 spiro atoms. The number of fused-ring (bicyclic) bond motifs is 3. The third-order valence-electron chi connectivity index (χ3n) is 3.95. The van der Waals surface area contributed by atoms with Crippen LogP contribution in [0.1, 0.15) is 13.8 Å². The van der Waals surface area contributed by atoms with E-state index in [1.54, 1.807) is 0 Å². The molecule has 2 aromatic rings. The van der Waals surface area contributed by atoms with Crippen LogP contribution in [0.2, 0.25) is 0 Å². The van der Waals surface area contributed by atoms with Gasteiger partial charge in [0.05, 0.1) is 16.0 Å². The molecule has 0 bridgehead atoms. The molecule has 1 unspecified atom stereocenters. The SMILES string of the molecule is CCN1c2cc(S(=O)(=O)O)c3cc(S(=O)(=O)O)ccc3c2SC1C. The third-order valence-corrected chi connectivity index (χ3v) is 6.96. The first kappa shape index (κ1) is 17.5. The van der Waals surface area contributed by atoms with E-state index >= 15 is 0 Å². The second-order valence-electron chi connectivity index (χ2n) is 5.38. The Morgan fingerprint density at radius 1 is 1.08 bits per heavy atom. The van der Waals surface area contributed by atoms with Crippen LogP contribution in [0.25, 0.3) is 10.8 Å². The largest absolute Gasteiger partial charge is 0.359 e. The average Bonchev–Trinajstić information content (AvgIpc) is 2.79. The molecule has 10 heteroatoms. The minimum absolute atomic E-state index is 0.0593. The number of rotatable bonds is 3. The Balaban J connectivity index is 2.45. The molecule has 0 saturated carbocycles. The fourth-order valence-electron chi connectivity index (χ4n) is 2.90. The zero-order chi connectivity index (χ0) is 17.9. The maximum atomic E-state index is 11.8. The Morgan fingerprint density at radius 2 is 1.75 bits per heavy atom. The zero-order valence-electron chi connectivity index (χ0n) is 12.8. The van der Waals surface area contributed by atoms with E-state index in [-0.39, 0.29) is 15.7 Å². The molecule has 7 nitrogen and oxygen atoms in total. The van der Waals surface area contributed by atoms with Crippen LogP contribution in [0.5, 0.6) is 0 Å². The van der Waals surface area contributed by atoms with Gasteiger partial charge in [0.15, 0.2) is 0 Å². The molecular weight excluding hydrogens is 374 g/mol. The summed E-state index contributed by atoms with van der Waals surface area (Å²) in [6, 6.07) is 5.07. The smallest absolute Gasteiger partial charge is 0.295 e. The minimum atomic E-state index is -4.57. The van der Waals surface area contributed by atoms with Crippen LogP contribution in [0.4, 0.5) is 5.69 Å². The molecule has 1 atom stereocenters. The van der Waals surface area contributed by atoms with Gasteiger partial charge in [0.2, 0.25) is 0 Å². The molecule has 24 heavy (non-hydrogen) atoms. The lowest BCUT2D eigenvalue weighted by atomic mass is 10.1. The summed E-state index contributed by atoms with van der Waals surface area (Å²) >= 11 is 1.52. The van der Waals surface area contributed by atoms with Crippen LogP contribution in [0.3, 0.4) is 0 Å². The van der Waals surface area contributed by atoms with Gasteiger partial charge in [0.1, 0.15) is 4.90 Å². The summed E-state index contributed by atoms with van der Waals surface area (Å²) < 4.78 is 65.1. The Labute approximate surface area is 144 Å². The van der Waals surface area contributed by atoms with Crippen molar-refractivity contribution in [1.82, 2.24) is 0 Å². The molecule has 0 fully saturated rings. The predicted octanol–water partition coefficient (Wildman–Crippen LogP) is 2.61. The summed E-state index contributed by atoms with van der Waals surface area (Å²) in [5.41, 5.74) is 0.676. The maximum absolute atomic E-state index is 11.8. The molecule has 1 heterocycles. The van der Waals surface area contributed by atoms with Crippen molar-refractivity contribution in [2.75, 3.05) is 11.4 Å². The Morgan fingerprint density at radius 3 is 2.29 bits per heavy atom. The first-order chi connectivity index (χ1) is 11.0. The molecule has 0 amide bonds. The Bertz CT molecular complexity index is 1050. The third kappa shape index (κ3) is 2.78. The second-order valence-corrected chi connectivity index (χ2v) is 9.52. The predicted molar refractivity (Wildman–Crippen MR) is 91.9 cm³/mol. The molecule has 0 aromatic heterocycles. The van der Waals surface area contributed by atoms with Crippen LogP contribution in [-0.4, -0.2) is 37.9 Å². The van der Waals surface area contributed by atoms with Crippen LogP contribution < -0.4 is 4.90 Å². The molecule has 0 saturated heterocycles. The van der Waals surface area contributed by atoms with E-state index in [2.05, 4.69) is 0 Å². The number of hydrogen-bond donors (Lipinski definition) is 2. The van der Waals surface area contributed by atoms with Gasteiger partial charge in [-0.15, -0.1) is 0 Å². The van der Waals surface area contributed by atoms with E-state index in [4.69, 9.17) is 0 Å². The topological polar surface area (TPSA) is 112 Å². The van der Waals surface area contributed by atoms with Gasteiger partial charge in [-0.25, -0.2) is 0 Å². The number of hydrogen-bond acceptors (Lipinski definition) is 6. The highest BCUT2D eigenvalue weighted by Crippen LogP contribution is 2.49. The number of nitrogens with zero attached hydrogens (tertiary/aromatic N) is 1. The van der Waals surface area contributed by atoms with Crippen molar-refractivity contribution in [3.8, 4) is 0 Å². The van der Waals surface area contributed by atoms with Gasteiger partial charge >= 0.3 is 0 Å². The quantitative estimate of drug-likeness (QED) is 0.771. The zero-order valence-corrected chi connectivity index (χ0v) is 15.2. The Kier molecular flexibility index (Phi) is 4.08. The van der Waals surface area contributed by atoms with Crippen molar-refractivity contribution < 1.29 is 25.9 Å². The lowest BCUT2D eigenvalue weighted by Gasteiger charge is -2.22. The molecule has 2 aromatic carbocycles. The van der Waals surface area contributed by atoms with Gasteiger partial charge in [-0.2, -0.15) is 16.8 Å². The van der Waals surface area contributed by atoms with Gasteiger partial charge in [-0.3, -0.25) is 9.11 Å². The number of anilines is 1. The van der Waals surface area contributed by atoms with Crippen molar-refractivity contribution in [3.05, 3.63) is 24.3 Å². The lowest BCUT2D eigenvalue weighted by molar-refractivity contribution is 0.480. The van der Waals surface area contributed by atoms with Gasteiger partial charge in [-0.1, -0.05) is 17.8 Å². The normalized spacial score (nSPS) is 18.2. The standard InChI is InChI=1S/C14H15NO6S3/c1-3-15-8(2)22-14-10-5-4-9(23(16,17)18)6-11(10)13(7-12(14)15)24(19,20)21/h4-8H,3H2,1-2H3,(H,16,17,18)(H,19,20,21). The second kappa shape index (κ2) is 5.60. The lowest BCUT2D eigenvalue weighted by Crippen LogP contribution is -2.26. The molecule has 130 valence electrons. The average molecular weight is 389 g/mol. The van der Waals surface area contributed by atoms with Crippen LogP contribution in [-0.2, 0) is 20.2 Å². The van der Waals surface area contributed by atoms with E-state index in [9.17, 15) is 25.9 Å². The van der Waals surface area contributed by atoms with E-state index in [0.717, 1.165) is 11.0 Å². The van der Waals surface area contributed by atoms with Crippen molar-refractivity contribution in [3.63, 3.8) is 0 Å². The highest BCUT2D eigenvalue weighted by Gasteiger charge is 2.31. The molecule has 2 N–H and O–H groups in total. The number of benzene rings is 2. The molecule has 3 rings (SSSR count). The van der Waals surface area contributed by atoms with Crippen LogP contribution in [0, 0.1) is 0 Å². The summed E-state index contributed by atoms with van der Waals surface area (Å²) in [7, 11) is -9.07. The minimum Gasteiger partial charge on any atom is -0.359 e. The monoisotopic (exact) mass is 389 g/mol. The fourth-order valence-corrected chi connectivity index (χ4v) is 5.45. The summed E-state index contributed by atoms with van der Waals surface area (Å²) in [4.78, 5) is 2.00. The van der Waals surface area contributed by atoms with E-state index in [0.29, 0.717) is 17.6 Å². The van der Waals surface area contributed by atoms with E-state index in [1.165, 1.54) is 30.0 Å². The summed E-state index contributed by atoms with van der Waals surface area (Å²) in [5.74, 6) is 0. The molecular formula is C14H15NO6S3. The fraction of sp³-hybridized carbons (Fsp3) is 0.286. The van der Waals surface area contributed by atoms with Crippen molar-refractivity contribution in [2.45, 2.75) is 33.9 Å². The summed E-state index contributed by atoms with van der Waals surface area (Å²) in [6.07, 6.45) is 0. The molecule has 0 radical (unpaired) electrons. The Hall–Kier alpha value is -1.33. The van der Waals surface area contributed by atoms with Crippen molar-refractivity contribution >= 4 is 48.5 Å². The van der Waals surface area contributed by atoms with Crippen molar-refractivity contribution in [1.29, 1.82) is 0 Å².